The Hall–Kier alpha value is -0.550. The first-order valence-corrected chi connectivity index (χ1v) is 7.85. The third-order valence-electron chi connectivity index (χ3n) is 2.53. The minimum atomic E-state index is -0.815. The molecule has 1 aliphatic rings. The number of nitrogens with zero attached hydrogens (tertiary/aromatic N) is 1. The molecule has 0 atom stereocenters. The number of hydrogen-bond acceptors (Lipinski definition) is 4. The minimum absolute atomic E-state index is 0.418. The highest BCUT2D eigenvalue weighted by molar-refractivity contribution is 7.98. The zero-order valence-corrected chi connectivity index (χ0v) is 11.7. The van der Waals surface area contributed by atoms with Gasteiger partial charge in [-0.25, -0.2) is 9.78 Å². The number of thioether (sulfide) groups is 1. The van der Waals surface area contributed by atoms with Gasteiger partial charge in [0.2, 0.25) is 0 Å². The molecule has 0 saturated heterocycles. The summed E-state index contributed by atoms with van der Waals surface area (Å²) in [7, 11) is 0. The summed E-state index contributed by atoms with van der Waals surface area (Å²) >= 11 is 3.19. The molecule has 1 saturated carbocycles. The molecule has 0 aliphatic heterocycles. The lowest BCUT2D eigenvalue weighted by Gasteiger charge is -2.01. The predicted octanol–water partition coefficient (Wildman–Crippen LogP) is 3.61. The number of carboxylic acid groups (broad SMARTS) is 1. The van der Waals surface area contributed by atoms with Crippen LogP contribution in [0.5, 0.6) is 0 Å². The van der Waals surface area contributed by atoms with Crippen LogP contribution in [-0.4, -0.2) is 21.8 Å². The van der Waals surface area contributed by atoms with E-state index in [9.17, 15) is 4.79 Å². The molecule has 0 radical (unpaired) electrons. The quantitative estimate of drug-likeness (QED) is 0.858. The molecule has 1 heterocycles. The Kier molecular flexibility index (Phi) is 4.09. The number of hydrogen-bond donors (Lipinski definition) is 1. The monoisotopic (exact) mass is 271 g/mol. The van der Waals surface area contributed by atoms with Crippen LogP contribution in [0.3, 0.4) is 0 Å². The van der Waals surface area contributed by atoms with E-state index in [1.165, 1.54) is 11.3 Å². The summed E-state index contributed by atoms with van der Waals surface area (Å²) in [6.07, 6.45) is 2.20. The first kappa shape index (κ1) is 12.9. The van der Waals surface area contributed by atoms with Crippen molar-refractivity contribution in [2.45, 2.75) is 38.4 Å². The maximum absolute atomic E-state index is 11.1. The summed E-state index contributed by atoms with van der Waals surface area (Å²) < 4.78 is 0. The van der Waals surface area contributed by atoms with Crippen molar-refractivity contribution in [3.8, 4) is 0 Å². The number of thiazole rings is 1. The zero-order chi connectivity index (χ0) is 12.4. The third-order valence-corrected chi connectivity index (χ3v) is 5.15. The molecule has 0 unspecified atom stereocenters. The van der Waals surface area contributed by atoms with Crippen LogP contribution < -0.4 is 0 Å². The summed E-state index contributed by atoms with van der Waals surface area (Å²) in [6.45, 7) is 4.38. The van der Waals surface area contributed by atoms with E-state index >= 15 is 0 Å². The van der Waals surface area contributed by atoms with Gasteiger partial charge in [0, 0.05) is 11.7 Å². The van der Waals surface area contributed by atoms with E-state index < -0.39 is 5.97 Å². The molecule has 5 heteroatoms. The number of carbonyl (C=O) groups is 1. The van der Waals surface area contributed by atoms with Gasteiger partial charge in [0.1, 0.15) is 9.88 Å². The van der Waals surface area contributed by atoms with Crippen molar-refractivity contribution >= 4 is 29.1 Å². The zero-order valence-electron chi connectivity index (χ0n) is 10.1. The molecule has 1 N–H and O–H groups in total. The number of carboxylic acids is 1. The summed E-state index contributed by atoms with van der Waals surface area (Å²) in [5.41, 5.74) is 0.836. The van der Waals surface area contributed by atoms with Gasteiger partial charge in [0.15, 0.2) is 0 Å². The summed E-state index contributed by atoms with van der Waals surface area (Å²) in [4.78, 5) is 16.1. The van der Waals surface area contributed by atoms with Gasteiger partial charge in [-0.15, -0.1) is 11.3 Å². The van der Waals surface area contributed by atoms with Crippen molar-refractivity contribution < 1.29 is 9.90 Å². The first-order valence-electron chi connectivity index (χ1n) is 5.88. The van der Waals surface area contributed by atoms with E-state index in [2.05, 4.69) is 18.8 Å². The van der Waals surface area contributed by atoms with Crippen molar-refractivity contribution in [1.82, 2.24) is 4.98 Å². The molecule has 0 bridgehead atoms. The summed E-state index contributed by atoms with van der Waals surface area (Å²) in [6, 6.07) is 0. The Labute approximate surface area is 110 Å². The number of aromatic carboxylic acids is 1. The van der Waals surface area contributed by atoms with Crippen LogP contribution in [0, 0.1) is 5.92 Å². The molecule has 2 rings (SSSR count). The smallest absolute Gasteiger partial charge is 0.347 e. The van der Waals surface area contributed by atoms with Crippen molar-refractivity contribution in [3.63, 3.8) is 0 Å². The minimum Gasteiger partial charge on any atom is -0.477 e. The molecule has 1 fully saturated rings. The third kappa shape index (κ3) is 3.45. The molecule has 94 valence electrons. The van der Waals surface area contributed by atoms with Gasteiger partial charge in [0.05, 0.1) is 5.69 Å². The molecule has 17 heavy (non-hydrogen) atoms. The van der Waals surface area contributed by atoms with Gasteiger partial charge in [-0.3, -0.25) is 0 Å². The molecule has 0 spiro atoms. The second kappa shape index (κ2) is 5.40. The first-order chi connectivity index (χ1) is 8.08. The Morgan fingerprint density at radius 3 is 2.82 bits per heavy atom. The molecule has 0 aromatic carbocycles. The van der Waals surface area contributed by atoms with E-state index in [4.69, 9.17) is 5.11 Å². The average molecular weight is 271 g/mol. The SMILES string of the molecule is CC(C)CSCc1nc(C2CC2)c(C(=O)O)s1. The van der Waals surface area contributed by atoms with E-state index in [0.717, 1.165) is 35.0 Å². The Bertz CT molecular complexity index is 411. The van der Waals surface area contributed by atoms with Gasteiger partial charge in [-0.05, 0) is 24.5 Å². The van der Waals surface area contributed by atoms with Crippen LogP contribution in [0.15, 0.2) is 0 Å². The van der Waals surface area contributed by atoms with Crippen LogP contribution in [0.4, 0.5) is 0 Å². The summed E-state index contributed by atoms with van der Waals surface area (Å²) in [5, 5.41) is 10.1. The van der Waals surface area contributed by atoms with Crippen molar-refractivity contribution in [3.05, 3.63) is 15.6 Å². The fraction of sp³-hybridized carbons (Fsp3) is 0.667. The Morgan fingerprint density at radius 1 is 1.59 bits per heavy atom. The van der Waals surface area contributed by atoms with Gasteiger partial charge in [0.25, 0.3) is 0 Å². The van der Waals surface area contributed by atoms with Crippen LogP contribution in [0.1, 0.15) is 53.0 Å². The molecular formula is C12H17NO2S2. The molecule has 0 amide bonds. The molecule has 3 nitrogen and oxygen atoms in total. The molecule has 1 aromatic heterocycles. The highest BCUT2D eigenvalue weighted by Crippen LogP contribution is 2.43. The second-order valence-corrected chi connectivity index (χ2v) is 6.92. The highest BCUT2D eigenvalue weighted by atomic mass is 32.2. The maximum Gasteiger partial charge on any atom is 0.347 e. The highest BCUT2D eigenvalue weighted by Gasteiger charge is 2.31. The van der Waals surface area contributed by atoms with E-state index in [0.29, 0.717) is 16.7 Å². The molecule has 1 aromatic rings. The Balaban J connectivity index is 2.03. The van der Waals surface area contributed by atoms with Crippen molar-refractivity contribution in [2.75, 3.05) is 5.75 Å². The fourth-order valence-corrected chi connectivity index (χ4v) is 3.71. The van der Waals surface area contributed by atoms with Crippen LogP contribution >= 0.6 is 23.1 Å². The molecule has 1 aliphatic carbocycles. The van der Waals surface area contributed by atoms with Crippen molar-refractivity contribution in [2.24, 2.45) is 5.92 Å². The molecular weight excluding hydrogens is 254 g/mol. The van der Waals surface area contributed by atoms with Crippen molar-refractivity contribution in [1.29, 1.82) is 0 Å². The normalized spacial score (nSPS) is 15.5. The largest absolute Gasteiger partial charge is 0.477 e. The lowest BCUT2D eigenvalue weighted by atomic mass is 10.2. The predicted molar refractivity (Wildman–Crippen MR) is 72.0 cm³/mol. The van der Waals surface area contributed by atoms with Gasteiger partial charge < -0.3 is 5.11 Å². The van der Waals surface area contributed by atoms with E-state index in [-0.39, 0.29) is 0 Å². The lowest BCUT2D eigenvalue weighted by Crippen LogP contribution is -1.97. The van der Waals surface area contributed by atoms with Gasteiger partial charge >= 0.3 is 5.97 Å². The topological polar surface area (TPSA) is 50.2 Å². The van der Waals surface area contributed by atoms with Crippen LogP contribution in [0.2, 0.25) is 0 Å². The maximum atomic E-state index is 11.1. The fourth-order valence-electron chi connectivity index (χ4n) is 1.61. The van der Waals surface area contributed by atoms with Gasteiger partial charge in [-0.1, -0.05) is 13.8 Å². The van der Waals surface area contributed by atoms with E-state index in [1.54, 1.807) is 0 Å². The average Bonchev–Trinajstić information content (AvgIpc) is 2.99. The standard InChI is InChI=1S/C12H17NO2S2/c1-7(2)5-16-6-9-13-10(8-3-4-8)11(17-9)12(14)15/h7-8H,3-6H2,1-2H3,(H,14,15). The summed E-state index contributed by atoms with van der Waals surface area (Å²) in [5.74, 6) is 2.21. The second-order valence-electron chi connectivity index (χ2n) is 4.81. The number of aromatic nitrogens is 1. The lowest BCUT2D eigenvalue weighted by molar-refractivity contribution is 0.0700. The van der Waals surface area contributed by atoms with Crippen LogP contribution in [-0.2, 0) is 5.75 Å². The van der Waals surface area contributed by atoms with Gasteiger partial charge in [-0.2, -0.15) is 11.8 Å². The Morgan fingerprint density at radius 2 is 2.29 bits per heavy atom. The number of rotatable bonds is 6. The van der Waals surface area contributed by atoms with Crippen LogP contribution in [0.25, 0.3) is 0 Å². The van der Waals surface area contributed by atoms with E-state index in [1.807, 2.05) is 11.8 Å².